The van der Waals surface area contributed by atoms with Crippen molar-refractivity contribution >= 4 is 27.9 Å². The molecule has 132 valence electrons. The number of carbonyl (C=O) groups is 2. The van der Waals surface area contributed by atoms with Crippen molar-refractivity contribution < 1.29 is 9.59 Å². The second-order valence-corrected chi connectivity index (χ2v) is 6.82. The lowest BCUT2D eigenvalue weighted by atomic mass is 10.2. The number of nitrogens with zero attached hydrogens (tertiary/aromatic N) is 2. The van der Waals surface area contributed by atoms with Gasteiger partial charge in [0.1, 0.15) is 0 Å². The van der Waals surface area contributed by atoms with E-state index < -0.39 is 0 Å². The molecular weight excluding hydrogens is 372 g/mol. The molecule has 1 saturated heterocycles. The van der Waals surface area contributed by atoms with E-state index in [1.54, 1.807) is 4.90 Å². The molecule has 0 atom stereocenters. The van der Waals surface area contributed by atoms with Crippen LogP contribution in [0.4, 0.5) is 4.79 Å². The van der Waals surface area contributed by atoms with Gasteiger partial charge in [-0.3, -0.25) is 9.69 Å². The molecule has 2 N–H and O–H groups in total. The lowest BCUT2D eigenvalue weighted by Gasteiger charge is -2.34. The first kappa shape index (κ1) is 18.7. The van der Waals surface area contributed by atoms with Gasteiger partial charge in [-0.2, -0.15) is 0 Å². The average Bonchev–Trinajstić information content (AvgIpc) is 2.58. The maximum absolute atomic E-state index is 12.2. The fourth-order valence-electron chi connectivity index (χ4n) is 2.57. The molecule has 3 amide bonds. The minimum Gasteiger partial charge on any atom is -0.355 e. The molecule has 1 aliphatic rings. The van der Waals surface area contributed by atoms with E-state index in [1.165, 1.54) is 0 Å². The van der Waals surface area contributed by atoms with Crippen LogP contribution >= 0.6 is 15.9 Å². The van der Waals surface area contributed by atoms with Gasteiger partial charge in [0.05, 0.1) is 6.54 Å². The minimum absolute atomic E-state index is 0.0509. The van der Waals surface area contributed by atoms with Gasteiger partial charge in [-0.1, -0.05) is 35.0 Å². The predicted molar refractivity (Wildman–Crippen MR) is 97.7 cm³/mol. The highest BCUT2D eigenvalue weighted by atomic mass is 79.9. The van der Waals surface area contributed by atoms with Gasteiger partial charge in [-0.05, 0) is 24.1 Å². The van der Waals surface area contributed by atoms with Gasteiger partial charge in [0.25, 0.3) is 0 Å². The van der Waals surface area contributed by atoms with Crippen molar-refractivity contribution in [3.8, 4) is 0 Å². The molecular formula is C17H25BrN4O2. The van der Waals surface area contributed by atoms with Crippen molar-refractivity contribution in [3.63, 3.8) is 0 Å². The fraction of sp³-hybridized carbons (Fsp3) is 0.529. The molecule has 0 bridgehead atoms. The molecule has 2 rings (SSSR count). The van der Waals surface area contributed by atoms with Crippen molar-refractivity contribution in [1.82, 2.24) is 20.4 Å². The lowest BCUT2D eigenvalue weighted by Crippen LogP contribution is -2.53. The van der Waals surface area contributed by atoms with Crippen LogP contribution in [0, 0.1) is 0 Å². The number of urea groups is 1. The summed E-state index contributed by atoms with van der Waals surface area (Å²) < 4.78 is 1.00. The molecule has 0 aromatic heterocycles. The molecule has 1 fully saturated rings. The summed E-state index contributed by atoms with van der Waals surface area (Å²) in [7, 11) is 0. The summed E-state index contributed by atoms with van der Waals surface area (Å²) in [5, 5.41) is 5.83. The molecule has 0 unspecified atom stereocenters. The second-order valence-electron chi connectivity index (χ2n) is 5.90. The van der Waals surface area contributed by atoms with E-state index in [2.05, 4.69) is 31.5 Å². The SMILES string of the molecule is CCCNC(=O)CN1CCN(C(=O)NCc2cccc(Br)c2)CC1. The van der Waals surface area contributed by atoms with Crippen LogP contribution in [0.15, 0.2) is 28.7 Å². The molecule has 0 aliphatic carbocycles. The van der Waals surface area contributed by atoms with Crippen LogP contribution in [-0.2, 0) is 11.3 Å². The molecule has 6 nitrogen and oxygen atoms in total. The Hall–Kier alpha value is -1.60. The van der Waals surface area contributed by atoms with Crippen molar-refractivity contribution in [1.29, 1.82) is 0 Å². The second kappa shape index (κ2) is 9.64. The smallest absolute Gasteiger partial charge is 0.317 e. The van der Waals surface area contributed by atoms with Crippen molar-refractivity contribution in [2.24, 2.45) is 0 Å². The third-order valence-corrected chi connectivity index (χ3v) is 4.42. The normalized spacial score (nSPS) is 15.2. The third-order valence-electron chi connectivity index (χ3n) is 3.93. The van der Waals surface area contributed by atoms with Crippen molar-refractivity contribution in [2.45, 2.75) is 19.9 Å². The molecule has 1 aromatic rings. The summed E-state index contributed by atoms with van der Waals surface area (Å²) in [6.45, 7) is 6.42. The first-order valence-corrected chi connectivity index (χ1v) is 9.14. The number of piperazine rings is 1. The Labute approximate surface area is 151 Å². The Kier molecular flexibility index (Phi) is 7.52. The molecule has 1 heterocycles. The molecule has 0 radical (unpaired) electrons. The van der Waals surface area contributed by atoms with E-state index in [-0.39, 0.29) is 11.9 Å². The summed E-state index contributed by atoms with van der Waals surface area (Å²) in [5.41, 5.74) is 1.06. The lowest BCUT2D eigenvalue weighted by molar-refractivity contribution is -0.122. The summed E-state index contributed by atoms with van der Waals surface area (Å²) in [6.07, 6.45) is 0.942. The van der Waals surface area contributed by atoms with Crippen LogP contribution < -0.4 is 10.6 Å². The van der Waals surface area contributed by atoms with E-state index in [9.17, 15) is 9.59 Å². The van der Waals surface area contributed by atoms with Gasteiger partial charge in [0.2, 0.25) is 5.91 Å². The first-order chi connectivity index (χ1) is 11.6. The van der Waals surface area contributed by atoms with E-state index >= 15 is 0 Å². The van der Waals surface area contributed by atoms with Crippen molar-refractivity contribution in [2.75, 3.05) is 39.3 Å². The van der Waals surface area contributed by atoms with E-state index in [4.69, 9.17) is 0 Å². The maximum Gasteiger partial charge on any atom is 0.317 e. The van der Waals surface area contributed by atoms with E-state index in [0.717, 1.165) is 36.1 Å². The summed E-state index contributed by atoms with van der Waals surface area (Å²) in [5.74, 6) is 0.0596. The predicted octanol–water partition coefficient (Wildman–Crippen LogP) is 1.80. The van der Waals surface area contributed by atoms with Gasteiger partial charge in [-0.15, -0.1) is 0 Å². The highest BCUT2D eigenvalue weighted by molar-refractivity contribution is 9.10. The zero-order valence-electron chi connectivity index (χ0n) is 14.1. The Bertz CT molecular complexity index is 559. The summed E-state index contributed by atoms with van der Waals surface area (Å²) in [6, 6.07) is 7.84. The Morgan fingerprint density at radius 3 is 2.58 bits per heavy atom. The fourth-order valence-corrected chi connectivity index (χ4v) is 3.02. The highest BCUT2D eigenvalue weighted by Gasteiger charge is 2.22. The number of halogens is 1. The monoisotopic (exact) mass is 396 g/mol. The Morgan fingerprint density at radius 1 is 1.17 bits per heavy atom. The van der Waals surface area contributed by atoms with Gasteiger partial charge >= 0.3 is 6.03 Å². The topological polar surface area (TPSA) is 64.7 Å². The van der Waals surface area contributed by atoms with Crippen LogP contribution in [-0.4, -0.2) is 61.0 Å². The largest absolute Gasteiger partial charge is 0.355 e. The minimum atomic E-state index is -0.0509. The van der Waals surface area contributed by atoms with Gasteiger partial charge in [-0.25, -0.2) is 4.79 Å². The maximum atomic E-state index is 12.2. The number of rotatable bonds is 6. The number of amides is 3. The third kappa shape index (κ3) is 6.13. The summed E-state index contributed by atoms with van der Waals surface area (Å²) >= 11 is 3.43. The standard InChI is InChI=1S/C17H25BrN4O2/c1-2-6-19-16(23)13-21-7-9-22(10-8-21)17(24)20-12-14-4-3-5-15(18)11-14/h3-5,11H,2,6-10,12-13H2,1H3,(H,19,23)(H,20,24). The number of carbonyl (C=O) groups excluding carboxylic acids is 2. The van der Waals surface area contributed by atoms with Gasteiger partial charge in [0.15, 0.2) is 0 Å². The highest BCUT2D eigenvalue weighted by Crippen LogP contribution is 2.11. The zero-order chi connectivity index (χ0) is 17.4. The molecule has 1 aliphatic heterocycles. The molecule has 1 aromatic carbocycles. The van der Waals surface area contributed by atoms with Crippen LogP contribution in [0.2, 0.25) is 0 Å². The molecule has 0 spiro atoms. The number of nitrogens with one attached hydrogen (secondary N) is 2. The van der Waals surface area contributed by atoms with Gasteiger partial charge < -0.3 is 15.5 Å². The quantitative estimate of drug-likeness (QED) is 0.770. The van der Waals surface area contributed by atoms with Crippen LogP contribution in [0.1, 0.15) is 18.9 Å². The van der Waals surface area contributed by atoms with Crippen LogP contribution in [0.5, 0.6) is 0 Å². The van der Waals surface area contributed by atoms with Crippen LogP contribution in [0.25, 0.3) is 0 Å². The number of benzene rings is 1. The number of hydrogen-bond acceptors (Lipinski definition) is 3. The summed E-state index contributed by atoms with van der Waals surface area (Å²) in [4.78, 5) is 27.8. The molecule has 0 saturated carbocycles. The Morgan fingerprint density at radius 2 is 1.92 bits per heavy atom. The average molecular weight is 397 g/mol. The van der Waals surface area contributed by atoms with E-state index in [1.807, 2.05) is 31.2 Å². The van der Waals surface area contributed by atoms with E-state index in [0.29, 0.717) is 26.2 Å². The molecule has 7 heteroatoms. The van der Waals surface area contributed by atoms with Crippen LogP contribution in [0.3, 0.4) is 0 Å². The Balaban J connectivity index is 1.69. The van der Waals surface area contributed by atoms with Crippen molar-refractivity contribution in [3.05, 3.63) is 34.3 Å². The van der Waals surface area contributed by atoms with Gasteiger partial charge in [0, 0.05) is 43.7 Å². The first-order valence-electron chi connectivity index (χ1n) is 8.34. The zero-order valence-corrected chi connectivity index (χ0v) is 15.6. The molecule has 24 heavy (non-hydrogen) atoms. The number of hydrogen-bond donors (Lipinski definition) is 2.